The molecule has 1 aliphatic carbocycles. The molecular weight excluding hydrogens is 456 g/mol. The largest absolute Gasteiger partial charge is 0.448 e. The summed E-state index contributed by atoms with van der Waals surface area (Å²) in [5.41, 5.74) is 0.808. The van der Waals surface area contributed by atoms with Gasteiger partial charge in [0.15, 0.2) is 0 Å². The van der Waals surface area contributed by atoms with Gasteiger partial charge in [0.25, 0.3) is 0 Å². The van der Waals surface area contributed by atoms with Crippen LogP contribution in [0.3, 0.4) is 0 Å². The number of aromatic nitrogens is 1. The lowest BCUT2D eigenvalue weighted by atomic mass is 10.1. The first-order valence-corrected chi connectivity index (χ1v) is 8.96. The van der Waals surface area contributed by atoms with Crippen LogP contribution in [0.2, 0.25) is 0 Å². The van der Waals surface area contributed by atoms with Crippen LogP contribution in [-0.2, 0) is 4.84 Å². The van der Waals surface area contributed by atoms with E-state index in [1.165, 1.54) is 13.1 Å². The van der Waals surface area contributed by atoms with Gasteiger partial charge in [0.2, 0.25) is 5.76 Å². The van der Waals surface area contributed by atoms with Gasteiger partial charge in [-0.3, -0.25) is 14.6 Å². The van der Waals surface area contributed by atoms with E-state index in [-0.39, 0.29) is 24.8 Å². The number of anilines is 1. The summed E-state index contributed by atoms with van der Waals surface area (Å²) in [5, 5.41) is 13.4. The zero-order chi connectivity index (χ0) is 18.7. The highest BCUT2D eigenvalue weighted by molar-refractivity contribution is 14.1. The molecule has 2 N–H and O–H groups in total. The summed E-state index contributed by atoms with van der Waals surface area (Å²) in [7, 11) is 1.42. The molecule has 138 valence electrons. The molecule has 0 saturated heterocycles. The van der Waals surface area contributed by atoms with Crippen LogP contribution in [0.1, 0.15) is 17.0 Å². The van der Waals surface area contributed by atoms with Crippen LogP contribution in [-0.4, -0.2) is 47.4 Å². The van der Waals surface area contributed by atoms with Gasteiger partial charge in [-0.1, -0.05) is 6.08 Å². The number of amides is 1. The highest BCUT2D eigenvalue weighted by Crippen LogP contribution is 2.34. The predicted octanol–water partition coefficient (Wildman–Crippen LogP) is 3.18. The Labute approximate surface area is 162 Å². The van der Waals surface area contributed by atoms with Crippen molar-refractivity contribution in [2.75, 3.05) is 25.6 Å². The topological polar surface area (TPSA) is 87.8 Å². The van der Waals surface area contributed by atoms with E-state index in [2.05, 4.69) is 32.9 Å². The Hall–Kier alpha value is -1.98. The number of furan rings is 1. The fraction of sp³-hybridized carbons (Fsp3) is 0.294. The summed E-state index contributed by atoms with van der Waals surface area (Å²) in [6, 6.07) is 1.02. The molecule has 2 aromatic rings. The average Bonchev–Trinajstić information content (AvgIpc) is 3.00. The third kappa shape index (κ3) is 3.89. The zero-order valence-corrected chi connectivity index (χ0v) is 16.1. The zero-order valence-electron chi connectivity index (χ0n) is 13.9. The molecule has 0 saturated carbocycles. The number of rotatable bonds is 6. The van der Waals surface area contributed by atoms with Crippen LogP contribution < -0.4 is 5.32 Å². The maximum Gasteiger partial charge on any atom is 0.315 e. The van der Waals surface area contributed by atoms with Crippen molar-refractivity contribution < 1.29 is 23.5 Å². The fourth-order valence-electron chi connectivity index (χ4n) is 2.55. The van der Waals surface area contributed by atoms with Gasteiger partial charge >= 0.3 is 5.91 Å². The molecule has 0 bridgehead atoms. The Morgan fingerprint density at radius 2 is 2.42 bits per heavy atom. The number of hydrogen-bond acceptors (Lipinski definition) is 6. The van der Waals surface area contributed by atoms with E-state index in [1.807, 2.05) is 6.08 Å². The molecule has 26 heavy (non-hydrogen) atoms. The normalized spacial score (nSPS) is 17.0. The predicted molar refractivity (Wildman–Crippen MR) is 102 cm³/mol. The van der Waals surface area contributed by atoms with Gasteiger partial charge in [0.05, 0.1) is 30.3 Å². The maximum absolute atomic E-state index is 14.3. The molecule has 0 aromatic carbocycles. The fourth-order valence-corrected chi connectivity index (χ4v) is 3.10. The highest BCUT2D eigenvalue weighted by atomic mass is 127. The summed E-state index contributed by atoms with van der Waals surface area (Å²) >= 11 is 2.06. The van der Waals surface area contributed by atoms with Crippen molar-refractivity contribution in [3.05, 3.63) is 45.8 Å². The van der Waals surface area contributed by atoms with Crippen molar-refractivity contribution >= 4 is 45.2 Å². The van der Waals surface area contributed by atoms with Gasteiger partial charge in [-0.25, -0.2) is 9.45 Å². The van der Waals surface area contributed by atoms with Crippen molar-refractivity contribution in [3.63, 3.8) is 0 Å². The van der Waals surface area contributed by atoms with Crippen molar-refractivity contribution in [1.82, 2.24) is 10.0 Å². The van der Waals surface area contributed by atoms with E-state index in [4.69, 9.17) is 14.4 Å². The van der Waals surface area contributed by atoms with Gasteiger partial charge in [0.1, 0.15) is 11.4 Å². The molecule has 0 spiro atoms. The third-order valence-corrected chi connectivity index (χ3v) is 4.57. The molecule has 1 amide bonds. The number of hydroxylamine groups is 2. The Morgan fingerprint density at radius 3 is 3.15 bits per heavy atom. The summed E-state index contributed by atoms with van der Waals surface area (Å²) in [6.45, 7) is -0.258. The summed E-state index contributed by atoms with van der Waals surface area (Å²) in [4.78, 5) is 21.8. The van der Waals surface area contributed by atoms with Crippen LogP contribution in [0.5, 0.6) is 0 Å². The van der Waals surface area contributed by atoms with Gasteiger partial charge < -0.3 is 14.8 Å². The van der Waals surface area contributed by atoms with E-state index >= 15 is 0 Å². The van der Waals surface area contributed by atoms with E-state index in [9.17, 15) is 9.18 Å². The molecule has 0 fully saturated rings. The third-order valence-electron chi connectivity index (χ3n) is 3.82. The van der Waals surface area contributed by atoms with Crippen LogP contribution in [0.15, 0.2) is 44.4 Å². The van der Waals surface area contributed by atoms with Gasteiger partial charge in [-0.2, -0.15) is 0 Å². The number of aliphatic hydroxyl groups excluding tert-OH is 1. The van der Waals surface area contributed by atoms with Crippen molar-refractivity contribution in [1.29, 1.82) is 0 Å². The molecule has 9 heteroatoms. The Bertz CT molecular complexity index is 880. The van der Waals surface area contributed by atoms with E-state index in [0.29, 0.717) is 23.1 Å². The molecule has 0 aliphatic heterocycles. The highest BCUT2D eigenvalue weighted by Gasteiger charge is 2.27. The molecule has 1 aliphatic rings. The van der Waals surface area contributed by atoms with Crippen LogP contribution in [0, 0.1) is 0 Å². The smallest absolute Gasteiger partial charge is 0.315 e. The number of carbonyl (C=O) groups excluding carboxylic acids is 1. The van der Waals surface area contributed by atoms with Gasteiger partial charge in [0, 0.05) is 23.0 Å². The summed E-state index contributed by atoms with van der Waals surface area (Å²) < 4.78 is 20.8. The van der Waals surface area contributed by atoms with Crippen molar-refractivity contribution in [2.45, 2.75) is 12.5 Å². The number of nitrogens with one attached hydrogen (secondary N) is 1. The Balaban J connectivity index is 1.95. The lowest BCUT2D eigenvalue weighted by Crippen LogP contribution is -2.29. The first-order valence-electron chi connectivity index (χ1n) is 7.89. The maximum atomic E-state index is 14.3. The number of halogens is 2. The molecule has 1 atom stereocenters. The van der Waals surface area contributed by atoms with Crippen LogP contribution in [0.4, 0.5) is 10.1 Å². The quantitative estimate of drug-likeness (QED) is 0.495. The molecule has 2 heterocycles. The Kier molecular flexibility index (Phi) is 5.89. The van der Waals surface area contributed by atoms with E-state index in [1.54, 1.807) is 18.5 Å². The standard InChI is InChI=1S/C17H17FIN3O4/c1-22(25-7-6-23)17(24)16-15(11-9-20-5-4-14(11)26-16)21-13-3-2-10(19)8-12(13)18/h2,4-5,8-9,13,21,23H,3,6-7H2,1H3. The number of nitrogens with zero attached hydrogens (tertiary/aromatic N) is 2. The second-order valence-corrected chi connectivity index (χ2v) is 6.83. The second kappa shape index (κ2) is 8.14. The number of allylic oxidation sites excluding steroid dienone is 2. The molecule has 7 nitrogen and oxygen atoms in total. The number of fused-ring (bicyclic) bond motifs is 1. The number of pyridine rings is 1. The lowest BCUT2D eigenvalue weighted by molar-refractivity contribution is -0.115. The second-order valence-electron chi connectivity index (χ2n) is 5.59. The molecule has 2 aromatic heterocycles. The van der Waals surface area contributed by atoms with Crippen molar-refractivity contribution in [3.8, 4) is 0 Å². The number of aliphatic hydroxyl groups is 1. The molecule has 1 unspecified atom stereocenters. The minimum absolute atomic E-state index is 0.00881. The number of hydrogen-bond donors (Lipinski definition) is 2. The average molecular weight is 473 g/mol. The molecule has 0 radical (unpaired) electrons. The van der Waals surface area contributed by atoms with E-state index in [0.717, 1.165) is 8.64 Å². The number of carbonyl (C=O) groups is 1. The van der Waals surface area contributed by atoms with E-state index < -0.39 is 11.9 Å². The van der Waals surface area contributed by atoms with Gasteiger partial charge in [-0.05, 0) is 41.2 Å². The molecule has 3 rings (SSSR count). The van der Waals surface area contributed by atoms with Crippen LogP contribution >= 0.6 is 22.6 Å². The summed E-state index contributed by atoms with van der Waals surface area (Å²) in [6.07, 6.45) is 6.89. The SMILES string of the molecule is CN(OCCO)C(=O)c1oc2ccncc2c1NC1CC=C(I)C=C1F. The van der Waals surface area contributed by atoms with Crippen LogP contribution in [0.25, 0.3) is 11.0 Å². The first-order chi connectivity index (χ1) is 12.5. The van der Waals surface area contributed by atoms with Crippen molar-refractivity contribution in [2.24, 2.45) is 0 Å². The lowest BCUT2D eigenvalue weighted by Gasteiger charge is -2.21. The minimum Gasteiger partial charge on any atom is -0.448 e. The molecular formula is C17H17FIN3O4. The first kappa shape index (κ1) is 18.8. The van der Waals surface area contributed by atoms with Gasteiger partial charge in [-0.15, -0.1) is 0 Å². The Morgan fingerprint density at radius 1 is 1.62 bits per heavy atom. The summed E-state index contributed by atoms with van der Waals surface area (Å²) in [5.74, 6) is -0.883. The minimum atomic E-state index is -0.607. The monoisotopic (exact) mass is 473 g/mol.